The molecule has 1 spiro atoms. The van der Waals surface area contributed by atoms with E-state index in [0.717, 1.165) is 100 Å². The molecule has 15 heteroatoms. The molecule has 1 N–H and O–H groups in total. The zero-order valence-electron chi connectivity index (χ0n) is 31.3. The highest BCUT2D eigenvalue weighted by molar-refractivity contribution is 6.33. The van der Waals surface area contributed by atoms with Gasteiger partial charge >= 0.3 is 0 Å². The lowest BCUT2D eigenvalue weighted by Crippen LogP contribution is -2.59. The number of aromatic nitrogens is 2. The van der Waals surface area contributed by atoms with Crippen LogP contribution in [-0.2, 0) is 9.59 Å². The van der Waals surface area contributed by atoms with Gasteiger partial charge in [-0.05, 0) is 81.2 Å². The Morgan fingerprint density at radius 3 is 2.32 bits per heavy atom. The average Bonchev–Trinajstić information content (AvgIpc) is 3.64. The summed E-state index contributed by atoms with van der Waals surface area (Å²) in [5, 5.41) is 2.74. The van der Waals surface area contributed by atoms with Gasteiger partial charge in [0.1, 0.15) is 17.9 Å². The Morgan fingerprint density at radius 2 is 1.62 bits per heavy atom. The maximum atomic E-state index is 13.2. The Bertz CT molecular complexity index is 2120. The van der Waals surface area contributed by atoms with Crippen LogP contribution in [0.4, 0.5) is 23.0 Å². The number of amides is 4. The van der Waals surface area contributed by atoms with Crippen molar-refractivity contribution in [1.82, 2.24) is 25.1 Å². The van der Waals surface area contributed by atoms with Gasteiger partial charge in [0, 0.05) is 75.0 Å². The molecule has 0 radical (unpaired) electrons. The van der Waals surface area contributed by atoms with Crippen LogP contribution in [0.5, 0.6) is 5.75 Å². The van der Waals surface area contributed by atoms with Gasteiger partial charge in [-0.3, -0.25) is 34.3 Å². The van der Waals surface area contributed by atoms with Crippen molar-refractivity contribution in [2.45, 2.75) is 76.1 Å². The van der Waals surface area contributed by atoms with Gasteiger partial charge in [-0.2, -0.15) is 0 Å². The average molecular weight is 778 g/mol. The number of anilines is 3. The second-order valence-corrected chi connectivity index (χ2v) is 16.6. The lowest BCUT2D eigenvalue weighted by Gasteiger charge is -2.46. The van der Waals surface area contributed by atoms with Gasteiger partial charge in [-0.1, -0.05) is 17.7 Å². The number of benzene rings is 2. The molecule has 7 heterocycles. The van der Waals surface area contributed by atoms with Crippen LogP contribution < -0.4 is 24.8 Å². The molecule has 2 aromatic carbocycles. The van der Waals surface area contributed by atoms with E-state index in [1.165, 1.54) is 0 Å². The van der Waals surface area contributed by atoms with E-state index >= 15 is 0 Å². The van der Waals surface area contributed by atoms with Crippen molar-refractivity contribution in [3.8, 4) is 5.75 Å². The zero-order valence-corrected chi connectivity index (χ0v) is 32.1. The van der Waals surface area contributed by atoms with Crippen molar-refractivity contribution in [2.24, 2.45) is 5.41 Å². The number of likely N-dealkylation sites (tertiary alicyclic amines) is 1. The van der Waals surface area contributed by atoms with Crippen LogP contribution in [-0.4, -0.2) is 113 Å². The van der Waals surface area contributed by atoms with Gasteiger partial charge in [-0.15, -0.1) is 0 Å². The third kappa shape index (κ3) is 6.60. The number of nitrogens with zero attached hydrogens (tertiary/aromatic N) is 8. The fourth-order valence-corrected chi connectivity index (χ4v) is 9.88. The van der Waals surface area contributed by atoms with Crippen molar-refractivity contribution >= 4 is 58.2 Å². The summed E-state index contributed by atoms with van der Waals surface area (Å²) in [4.78, 5) is 73.9. The summed E-state index contributed by atoms with van der Waals surface area (Å²) in [6, 6.07) is 10.5. The van der Waals surface area contributed by atoms with Crippen LogP contribution in [0.15, 0.2) is 48.8 Å². The summed E-state index contributed by atoms with van der Waals surface area (Å²) in [5.74, 6) is -0.793. The van der Waals surface area contributed by atoms with Crippen molar-refractivity contribution < 1.29 is 23.9 Å². The zero-order chi connectivity index (χ0) is 38.7. The predicted molar refractivity (Wildman–Crippen MR) is 209 cm³/mol. The molecule has 290 valence electrons. The molecule has 2 atom stereocenters. The van der Waals surface area contributed by atoms with Gasteiger partial charge in [0.25, 0.3) is 11.8 Å². The highest BCUT2D eigenvalue weighted by atomic mass is 35.5. The molecule has 5 fully saturated rings. The van der Waals surface area contributed by atoms with E-state index in [-0.39, 0.29) is 35.5 Å². The summed E-state index contributed by atoms with van der Waals surface area (Å²) >= 11 is 6.38. The number of carbonyl (C=O) groups excluding carboxylic acids is 4. The first-order valence-electron chi connectivity index (χ1n) is 19.6. The Kier molecular flexibility index (Phi) is 9.32. The van der Waals surface area contributed by atoms with Crippen molar-refractivity contribution in [1.29, 1.82) is 0 Å². The minimum Gasteiger partial charge on any atom is -0.488 e. The third-order valence-electron chi connectivity index (χ3n) is 12.8. The maximum Gasteiger partial charge on any atom is 0.262 e. The number of nitrogens with one attached hydrogen (secondary N) is 1. The minimum absolute atomic E-state index is 0.0244. The van der Waals surface area contributed by atoms with Crippen molar-refractivity contribution in [3.05, 3.63) is 76.4 Å². The summed E-state index contributed by atoms with van der Waals surface area (Å²) in [6.45, 7) is 15.9. The smallest absolute Gasteiger partial charge is 0.262 e. The first-order chi connectivity index (χ1) is 27.1. The number of fused-ring (bicyclic) bond motifs is 1. The van der Waals surface area contributed by atoms with Gasteiger partial charge in [0.15, 0.2) is 0 Å². The molecule has 1 aromatic heterocycles. The fraction of sp³-hybridized carbons (Fsp3) is 0.488. The number of carbonyl (C=O) groups is 4. The van der Waals surface area contributed by atoms with Crippen LogP contribution in [0.3, 0.4) is 0 Å². The number of piperidine rings is 3. The fourth-order valence-electron chi connectivity index (χ4n) is 9.66. The summed E-state index contributed by atoms with van der Waals surface area (Å²) in [6.07, 6.45) is 9.50. The van der Waals surface area contributed by atoms with Crippen LogP contribution in [0, 0.1) is 12.0 Å². The van der Waals surface area contributed by atoms with E-state index in [1.54, 1.807) is 18.2 Å². The number of halogens is 1. The molecule has 0 saturated carbocycles. The molecular weight excluding hydrogens is 734 g/mol. The Balaban J connectivity index is 0.726. The summed E-state index contributed by atoms with van der Waals surface area (Å²) in [5.41, 5.74) is 3.39. The van der Waals surface area contributed by atoms with Crippen LogP contribution in [0.2, 0.25) is 5.02 Å². The number of hydrogen-bond donors (Lipinski definition) is 1. The molecule has 14 nitrogen and oxygen atoms in total. The third-order valence-corrected chi connectivity index (χ3v) is 13.1. The molecule has 0 aliphatic carbocycles. The first-order valence-corrected chi connectivity index (χ1v) is 20.0. The second-order valence-electron chi connectivity index (χ2n) is 16.2. The number of hydrogen-bond acceptors (Lipinski definition) is 11. The van der Waals surface area contributed by atoms with Crippen molar-refractivity contribution in [3.63, 3.8) is 0 Å². The molecule has 56 heavy (non-hydrogen) atoms. The second kappa shape index (κ2) is 14.4. The van der Waals surface area contributed by atoms with Crippen LogP contribution in [0.25, 0.3) is 4.85 Å². The van der Waals surface area contributed by atoms with E-state index in [1.807, 2.05) is 30.6 Å². The Labute approximate surface area is 330 Å². The Hall–Kier alpha value is -5.26. The van der Waals surface area contributed by atoms with Crippen molar-refractivity contribution in [2.75, 3.05) is 60.5 Å². The number of imide groups is 2. The normalized spacial score (nSPS) is 24.4. The lowest BCUT2D eigenvalue weighted by molar-refractivity contribution is -0.136. The summed E-state index contributed by atoms with van der Waals surface area (Å²) < 4.78 is 6.22. The molecule has 6 aliphatic heterocycles. The first kappa shape index (κ1) is 36.4. The summed E-state index contributed by atoms with van der Waals surface area (Å²) in [7, 11) is 0. The van der Waals surface area contributed by atoms with Gasteiger partial charge in [-0.25, -0.2) is 14.8 Å². The minimum atomic E-state index is -0.992. The SMILES string of the molecule is [C-]#[N+]c1ccc(N2CC3(CCN(c4cnc(N5CCC(N6CC(Oc7ccc8c(c7)C(=O)N(C7CCC(=O)NC7=O)C8=O)C6)CC5)nc4)CC3)C[C@@H]2C)cc1Cl. The van der Waals surface area contributed by atoms with Crippen LogP contribution in [0.1, 0.15) is 72.6 Å². The van der Waals surface area contributed by atoms with E-state index in [4.69, 9.17) is 32.9 Å². The van der Waals surface area contributed by atoms with E-state index in [0.29, 0.717) is 28.5 Å². The highest BCUT2D eigenvalue weighted by Crippen LogP contribution is 2.46. The largest absolute Gasteiger partial charge is 0.488 e. The number of ether oxygens (including phenoxy) is 1. The highest BCUT2D eigenvalue weighted by Gasteiger charge is 2.46. The molecule has 9 rings (SSSR count). The molecule has 1 unspecified atom stereocenters. The quantitative estimate of drug-likeness (QED) is 0.264. The Morgan fingerprint density at radius 1 is 0.893 bits per heavy atom. The molecule has 5 saturated heterocycles. The standard InChI is InChI=1S/C41H44ClN9O5/c1-25-19-41(24-50(25)27-3-6-34(43-2)33(42)17-27)11-15-47(16-12-41)28-20-44-40(45-21-28)48-13-9-26(10-14-48)49-22-30(23-49)56-29-4-5-31-32(18-29)39(55)51(38(31)54)35-7-8-36(52)46-37(35)53/h3-6,17-18,20-21,25-26,30,35H,7-16,19,22-24H2,1H3,(H,46,52,53)/t25-,35?/m0/s1. The molecule has 3 aromatic rings. The molecular formula is C41H44ClN9O5. The number of rotatable bonds is 7. The maximum absolute atomic E-state index is 13.2. The van der Waals surface area contributed by atoms with Gasteiger partial charge in [0.2, 0.25) is 23.5 Å². The molecule has 4 amide bonds. The molecule has 0 bridgehead atoms. The van der Waals surface area contributed by atoms with Gasteiger partial charge in [0.05, 0.1) is 35.8 Å². The monoisotopic (exact) mass is 777 g/mol. The topological polar surface area (TPSA) is 136 Å². The van der Waals surface area contributed by atoms with E-state index in [9.17, 15) is 19.2 Å². The van der Waals surface area contributed by atoms with E-state index < -0.39 is 29.7 Å². The predicted octanol–water partition coefficient (Wildman–Crippen LogP) is 4.70. The van der Waals surface area contributed by atoms with E-state index in [2.05, 4.69) is 36.7 Å². The lowest BCUT2D eigenvalue weighted by atomic mass is 9.76. The van der Waals surface area contributed by atoms with Crippen LogP contribution >= 0.6 is 11.6 Å². The van der Waals surface area contributed by atoms with Gasteiger partial charge < -0.3 is 19.4 Å². The molecule has 6 aliphatic rings.